The van der Waals surface area contributed by atoms with Crippen molar-refractivity contribution < 1.29 is 0 Å². The third-order valence-electron chi connectivity index (χ3n) is 16.6. The minimum absolute atomic E-state index is 0.845. The molecule has 0 N–H and O–H groups in total. The van der Waals surface area contributed by atoms with Gasteiger partial charge in [0.25, 0.3) is 0 Å². The van der Waals surface area contributed by atoms with Crippen LogP contribution in [0.2, 0.25) is 0 Å². The van der Waals surface area contributed by atoms with Crippen LogP contribution in [-0.4, -0.2) is 0 Å². The minimum Gasteiger partial charge on any atom is -0.309 e. The second-order valence-corrected chi connectivity index (χ2v) is 22.8. The first-order valence-corrected chi connectivity index (χ1v) is 28.1. The maximum absolute atomic E-state index is 2.63. The highest BCUT2D eigenvalue weighted by Crippen LogP contribution is 2.60. The number of benzene rings is 11. The van der Waals surface area contributed by atoms with Crippen molar-refractivity contribution in [2.75, 3.05) is 19.6 Å². The van der Waals surface area contributed by atoms with E-state index in [2.05, 4.69) is 250 Å². The Morgan fingerprint density at radius 3 is 1.17 bits per heavy atom. The number of hydrogen-bond acceptors (Lipinski definition) is 6. The van der Waals surface area contributed by atoms with Crippen molar-refractivity contribution in [3.05, 3.63) is 275 Å². The summed E-state index contributed by atoms with van der Waals surface area (Å²) in [4.78, 5) is 10.4. The summed E-state index contributed by atoms with van der Waals surface area (Å²) >= 11 is 3.79. The molecule has 0 unspecified atom stereocenters. The zero-order valence-corrected chi connectivity index (χ0v) is 43.0. The Morgan fingerprint density at radius 2 is 0.697 bits per heavy atom. The van der Waals surface area contributed by atoms with E-state index in [0.717, 1.165) is 37.1 Å². The summed E-state index contributed by atoms with van der Waals surface area (Å²) in [6.45, 7) is 0. The van der Waals surface area contributed by atoms with Gasteiger partial charge in [-0.15, -0.1) is 22.7 Å². The molecule has 6 heterocycles. The van der Waals surface area contributed by atoms with E-state index in [1.165, 1.54) is 142 Å². The number of hydrogen-bond donors (Lipinski definition) is 0. The molecule has 4 aliphatic heterocycles. The van der Waals surface area contributed by atoms with E-state index in [9.17, 15) is 0 Å². The normalized spacial score (nSPS) is 13.5. The first-order chi connectivity index (χ1) is 37.7. The molecule has 0 aliphatic carbocycles. The van der Waals surface area contributed by atoms with E-state index < -0.39 is 0 Å². The SMILES string of the molecule is c1ccc(N(c2ccc3c4c2Cc2ccccc2N4c2cc4c(cc2C3)N2c3ccccc3Cc3c(N(c5ccccc5)c5cccc6c5sc5ccccc56)ccc(c32)C4)c2cccc3c2sc2ccccc23)cc1. The summed E-state index contributed by atoms with van der Waals surface area (Å²) in [5.41, 5.74) is 25.8. The lowest BCUT2D eigenvalue weighted by Crippen LogP contribution is -2.29. The van der Waals surface area contributed by atoms with Crippen LogP contribution in [0.15, 0.2) is 231 Å². The van der Waals surface area contributed by atoms with Gasteiger partial charge in [0.15, 0.2) is 0 Å². The predicted octanol–water partition coefficient (Wildman–Crippen LogP) is 19.9. The lowest BCUT2D eigenvalue weighted by atomic mass is 9.81. The van der Waals surface area contributed by atoms with Crippen molar-refractivity contribution in [3.8, 4) is 0 Å². The van der Waals surface area contributed by atoms with Crippen molar-refractivity contribution in [3.63, 3.8) is 0 Å². The van der Waals surface area contributed by atoms with Crippen molar-refractivity contribution in [1.82, 2.24) is 0 Å². The summed E-state index contributed by atoms with van der Waals surface area (Å²) in [7, 11) is 0. The molecule has 0 atom stereocenters. The van der Waals surface area contributed by atoms with Crippen LogP contribution in [0.5, 0.6) is 0 Å². The van der Waals surface area contributed by atoms with Gasteiger partial charge in [-0.2, -0.15) is 0 Å². The van der Waals surface area contributed by atoms with E-state index in [0.29, 0.717) is 0 Å². The van der Waals surface area contributed by atoms with Crippen LogP contribution >= 0.6 is 22.7 Å². The smallest absolute Gasteiger partial charge is 0.0640 e. The minimum atomic E-state index is 0.845. The van der Waals surface area contributed by atoms with Crippen LogP contribution in [0.3, 0.4) is 0 Å². The molecule has 4 aliphatic rings. The van der Waals surface area contributed by atoms with E-state index >= 15 is 0 Å². The van der Waals surface area contributed by atoms with E-state index in [1.54, 1.807) is 0 Å². The summed E-state index contributed by atoms with van der Waals surface area (Å²) in [6.07, 6.45) is 3.38. The zero-order valence-electron chi connectivity index (χ0n) is 41.4. The number of para-hydroxylation sites is 4. The molecule has 4 nitrogen and oxygen atoms in total. The van der Waals surface area contributed by atoms with Gasteiger partial charge >= 0.3 is 0 Å². The van der Waals surface area contributed by atoms with E-state index in [1.807, 2.05) is 22.7 Å². The number of rotatable bonds is 6. The molecule has 0 spiro atoms. The predicted molar refractivity (Wildman–Crippen MR) is 322 cm³/mol. The van der Waals surface area contributed by atoms with Gasteiger partial charge in [0.2, 0.25) is 0 Å². The van der Waals surface area contributed by atoms with Crippen LogP contribution in [0.4, 0.5) is 68.2 Å². The molecule has 0 saturated carbocycles. The molecule has 0 amide bonds. The van der Waals surface area contributed by atoms with Gasteiger partial charge in [0.1, 0.15) is 0 Å². The fraction of sp³-hybridized carbons (Fsp3) is 0.0571. The van der Waals surface area contributed by atoms with Crippen molar-refractivity contribution in [1.29, 1.82) is 0 Å². The van der Waals surface area contributed by atoms with Gasteiger partial charge in [-0.1, -0.05) is 146 Å². The maximum atomic E-state index is 2.63. The van der Waals surface area contributed by atoms with Crippen LogP contribution in [0.25, 0.3) is 40.3 Å². The Bertz CT molecular complexity index is 4280. The Balaban J connectivity index is 0.847. The summed E-state index contributed by atoms with van der Waals surface area (Å²) in [5.74, 6) is 0. The van der Waals surface area contributed by atoms with Crippen LogP contribution in [0.1, 0.15) is 44.5 Å². The van der Waals surface area contributed by atoms with Gasteiger partial charge in [0.05, 0.1) is 54.9 Å². The van der Waals surface area contributed by atoms with Crippen molar-refractivity contribution in [2.45, 2.75) is 25.7 Å². The second-order valence-electron chi connectivity index (χ2n) is 20.7. The molecule has 0 radical (unpaired) electrons. The highest BCUT2D eigenvalue weighted by molar-refractivity contribution is 7.26. The van der Waals surface area contributed by atoms with E-state index in [-0.39, 0.29) is 0 Å². The van der Waals surface area contributed by atoms with Crippen LogP contribution in [0, 0.1) is 0 Å². The third-order valence-corrected chi connectivity index (χ3v) is 19.0. The molecule has 358 valence electrons. The molecular formula is C70H46N4S2. The van der Waals surface area contributed by atoms with Gasteiger partial charge in [-0.3, -0.25) is 0 Å². The first-order valence-electron chi connectivity index (χ1n) is 26.4. The Labute approximate surface area is 448 Å². The molecular weight excluding hydrogens is 961 g/mol. The highest BCUT2D eigenvalue weighted by Gasteiger charge is 2.39. The molecule has 11 aromatic carbocycles. The molecule has 6 heteroatoms. The molecule has 0 saturated heterocycles. The number of anilines is 12. The highest BCUT2D eigenvalue weighted by atomic mass is 32.1. The fourth-order valence-corrected chi connectivity index (χ4v) is 15.8. The standard InChI is InChI=1S/C70H46N4S2/c1-3-19-49(20-4-1)71(61-29-15-25-53-51-23-9-13-31-65(51)75-69(53)61)59-35-33-45-37-47-42-64-48(41-63(47)73-57-27-11-7-17-43(57)39-55(59)67(45)73)38-46-34-36-60(56-40-44-18-8-12-28-58(44)74(64)68(46)56)72(50-21-5-2-6-22-50)62-30-16-26-54-52-24-10-14-32-66(52)76-70(54)62/h1-36,41-42H,37-40H2. The number of thiophene rings is 2. The largest absolute Gasteiger partial charge is 0.309 e. The summed E-state index contributed by atoms with van der Waals surface area (Å²) in [6, 6.07) is 86.6. The zero-order chi connectivity index (χ0) is 49.6. The molecule has 0 bridgehead atoms. The van der Waals surface area contributed by atoms with Crippen molar-refractivity contribution in [2.24, 2.45) is 0 Å². The average molecular weight is 1010 g/mol. The molecule has 17 rings (SSSR count). The Hall–Kier alpha value is -8.94. The van der Waals surface area contributed by atoms with Gasteiger partial charge < -0.3 is 19.6 Å². The topological polar surface area (TPSA) is 13.0 Å². The Morgan fingerprint density at radius 1 is 0.289 bits per heavy atom. The van der Waals surface area contributed by atoms with Gasteiger partial charge in [0, 0.05) is 90.5 Å². The molecule has 2 aromatic heterocycles. The lowest BCUT2D eigenvalue weighted by molar-refractivity contribution is 0.978. The van der Waals surface area contributed by atoms with Crippen LogP contribution < -0.4 is 19.6 Å². The number of fused-ring (bicyclic) bond motifs is 14. The molecule has 76 heavy (non-hydrogen) atoms. The Kier molecular flexibility index (Phi) is 9.09. The maximum Gasteiger partial charge on any atom is 0.0640 e. The summed E-state index contributed by atoms with van der Waals surface area (Å²) in [5, 5.41) is 5.23. The second kappa shape index (κ2) is 16.3. The van der Waals surface area contributed by atoms with Crippen LogP contribution in [-0.2, 0) is 25.7 Å². The molecule has 0 fully saturated rings. The quantitative estimate of drug-likeness (QED) is 0.165. The third kappa shape index (κ3) is 6.11. The first kappa shape index (κ1) is 42.4. The van der Waals surface area contributed by atoms with E-state index in [4.69, 9.17) is 0 Å². The monoisotopic (exact) mass is 1010 g/mol. The lowest BCUT2D eigenvalue weighted by Gasteiger charge is -2.44. The number of nitrogens with zero attached hydrogens (tertiary/aromatic N) is 4. The van der Waals surface area contributed by atoms with Crippen molar-refractivity contribution >= 4 is 131 Å². The summed E-state index contributed by atoms with van der Waals surface area (Å²) < 4.78 is 5.23. The molecule has 13 aromatic rings. The van der Waals surface area contributed by atoms with Gasteiger partial charge in [-0.05, 0) is 118 Å². The van der Waals surface area contributed by atoms with Gasteiger partial charge in [-0.25, -0.2) is 0 Å². The fourth-order valence-electron chi connectivity index (χ4n) is 13.4. The average Bonchev–Trinajstić information content (AvgIpc) is 4.16.